The third-order valence-corrected chi connectivity index (χ3v) is 6.03. The van der Waals surface area contributed by atoms with Gasteiger partial charge >= 0.3 is 6.09 Å². The smallest absolute Gasteiger partial charge is 0.413 e. The summed E-state index contributed by atoms with van der Waals surface area (Å²) in [7, 11) is 0. The number of nitrogens with two attached hydrogens (primary N) is 1. The number of carbonyl (C=O) groups excluding carboxylic acids is 1. The van der Waals surface area contributed by atoms with Crippen LogP contribution in [0.25, 0.3) is 21.9 Å². The van der Waals surface area contributed by atoms with Gasteiger partial charge in [-0.25, -0.2) is 19.2 Å². The summed E-state index contributed by atoms with van der Waals surface area (Å²) in [6, 6.07) is 3.30. The Morgan fingerprint density at radius 3 is 2.91 bits per heavy atom. The Labute approximate surface area is 189 Å². The van der Waals surface area contributed by atoms with E-state index < -0.39 is 11.9 Å². The number of amides is 1. The normalized spacial score (nSPS) is 19.5. The molecule has 4 heterocycles. The number of pyridine rings is 2. The zero-order valence-corrected chi connectivity index (χ0v) is 18.3. The van der Waals surface area contributed by atoms with E-state index in [-0.39, 0.29) is 23.7 Å². The van der Waals surface area contributed by atoms with Crippen molar-refractivity contribution in [1.82, 2.24) is 9.97 Å². The fourth-order valence-electron chi connectivity index (χ4n) is 4.19. The molecule has 2 aliphatic rings. The van der Waals surface area contributed by atoms with E-state index >= 15 is 4.39 Å². The fraction of sp³-hybridized carbons (Fsp3) is 0.348. The van der Waals surface area contributed by atoms with Gasteiger partial charge < -0.3 is 25.3 Å². The summed E-state index contributed by atoms with van der Waals surface area (Å²) in [4.78, 5) is 20.8. The van der Waals surface area contributed by atoms with Crippen LogP contribution in [0.15, 0.2) is 24.5 Å². The maximum atomic E-state index is 15.3. The Hall–Kier alpha value is -3.66. The predicted molar refractivity (Wildman–Crippen MR) is 122 cm³/mol. The standard InChI is InChI=1S/C23H24FN5O4/c1-11-15(9-28-22-21(11)26-4-6-32-22)14-7-13-8-18(27-10-16(13)20(25)19(14)24)29-23(30)33-17-3-5-31-12(17)2/h7-10,12,17,26H,3-6,25H2,1-2H3,(H,27,29,30)/t12-,17-/m0/s1. The van der Waals surface area contributed by atoms with Crippen LogP contribution in [0.2, 0.25) is 0 Å². The van der Waals surface area contributed by atoms with E-state index in [4.69, 9.17) is 19.9 Å². The molecule has 0 saturated carbocycles. The van der Waals surface area contributed by atoms with E-state index in [1.807, 2.05) is 13.8 Å². The number of carbonyl (C=O) groups is 1. The van der Waals surface area contributed by atoms with Gasteiger partial charge in [-0.1, -0.05) is 0 Å². The second kappa shape index (κ2) is 8.36. The second-order valence-electron chi connectivity index (χ2n) is 8.13. The van der Waals surface area contributed by atoms with Gasteiger partial charge in [-0.15, -0.1) is 0 Å². The van der Waals surface area contributed by atoms with Gasteiger partial charge in [-0.3, -0.25) is 5.32 Å². The first-order valence-corrected chi connectivity index (χ1v) is 10.8. The molecule has 2 atom stereocenters. The molecule has 1 fully saturated rings. The van der Waals surface area contributed by atoms with Crippen molar-refractivity contribution in [3.05, 3.63) is 35.9 Å². The van der Waals surface area contributed by atoms with E-state index in [2.05, 4.69) is 20.6 Å². The van der Waals surface area contributed by atoms with Crippen LogP contribution < -0.4 is 21.1 Å². The predicted octanol–water partition coefficient (Wildman–Crippen LogP) is 3.86. The number of benzene rings is 1. The molecular formula is C23H24FN5O4. The maximum absolute atomic E-state index is 15.3. The van der Waals surface area contributed by atoms with Crippen molar-refractivity contribution in [2.75, 3.05) is 36.1 Å². The molecule has 1 amide bonds. The molecule has 172 valence electrons. The van der Waals surface area contributed by atoms with Crippen molar-refractivity contribution in [1.29, 1.82) is 0 Å². The van der Waals surface area contributed by atoms with E-state index in [0.29, 0.717) is 54.0 Å². The van der Waals surface area contributed by atoms with E-state index in [1.54, 1.807) is 18.3 Å². The Morgan fingerprint density at radius 2 is 2.12 bits per heavy atom. The number of aromatic nitrogens is 2. The van der Waals surface area contributed by atoms with Crippen molar-refractivity contribution in [2.45, 2.75) is 32.5 Å². The number of ether oxygens (including phenoxy) is 3. The number of anilines is 3. The van der Waals surface area contributed by atoms with Gasteiger partial charge in [0.25, 0.3) is 0 Å². The summed E-state index contributed by atoms with van der Waals surface area (Å²) in [5, 5.41) is 6.94. The number of halogens is 1. The van der Waals surface area contributed by atoms with Gasteiger partial charge in [0.15, 0.2) is 5.82 Å². The molecule has 1 aromatic carbocycles. The molecule has 4 N–H and O–H groups in total. The van der Waals surface area contributed by atoms with Crippen molar-refractivity contribution < 1.29 is 23.4 Å². The summed E-state index contributed by atoms with van der Waals surface area (Å²) >= 11 is 0. The zero-order chi connectivity index (χ0) is 23.1. The van der Waals surface area contributed by atoms with Crippen molar-refractivity contribution >= 4 is 34.1 Å². The highest BCUT2D eigenvalue weighted by Crippen LogP contribution is 2.39. The van der Waals surface area contributed by atoms with Crippen LogP contribution >= 0.6 is 0 Å². The van der Waals surface area contributed by atoms with Crippen LogP contribution in [-0.2, 0) is 9.47 Å². The molecule has 9 nitrogen and oxygen atoms in total. The quantitative estimate of drug-likeness (QED) is 0.512. The first-order chi connectivity index (χ1) is 15.9. The van der Waals surface area contributed by atoms with Crippen molar-refractivity contribution in [2.24, 2.45) is 0 Å². The average Bonchev–Trinajstić information content (AvgIpc) is 3.21. The number of nitrogens with one attached hydrogen (secondary N) is 2. The van der Waals surface area contributed by atoms with Crippen LogP contribution in [0.4, 0.5) is 26.4 Å². The van der Waals surface area contributed by atoms with E-state index in [9.17, 15) is 4.79 Å². The van der Waals surface area contributed by atoms with Gasteiger partial charge in [0.1, 0.15) is 24.2 Å². The number of nitrogens with zero attached hydrogens (tertiary/aromatic N) is 2. The molecule has 0 radical (unpaired) electrons. The molecule has 33 heavy (non-hydrogen) atoms. The highest BCUT2D eigenvalue weighted by Gasteiger charge is 2.28. The lowest BCUT2D eigenvalue weighted by Gasteiger charge is -2.22. The lowest BCUT2D eigenvalue weighted by Crippen LogP contribution is -2.27. The molecule has 5 rings (SSSR count). The Bertz CT molecular complexity index is 1250. The monoisotopic (exact) mass is 453 g/mol. The molecule has 0 aliphatic carbocycles. The van der Waals surface area contributed by atoms with Crippen molar-refractivity contribution in [3.63, 3.8) is 0 Å². The van der Waals surface area contributed by atoms with Gasteiger partial charge in [0, 0.05) is 41.9 Å². The van der Waals surface area contributed by atoms with Crippen LogP contribution in [0.3, 0.4) is 0 Å². The highest BCUT2D eigenvalue weighted by molar-refractivity contribution is 5.99. The van der Waals surface area contributed by atoms with Gasteiger partial charge in [0.05, 0.1) is 18.4 Å². The van der Waals surface area contributed by atoms with Gasteiger partial charge in [-0.05, 0) is 36.9 Å². The minimum absolute atomic E-state index is 0.0256. The Balaban J connectivity index is 1.48. The third kappa shape index (κ3) is 3.86. The first-order valence-electron chi connectivity index (χ1n) is 10.8. The summed E-state index contributed by atoms with van der Waals surface area (Å²) in [6.45, 7) is 5.45. The van der Waals surface area contributed by atoms with Crippen LogP contribution in [0.5, 0.6) is 5.88 Å². The summed E-state index contributed by atoms with van der Waals surface area (Å²) < 4.78 is 31.7. The van der Waals surface area contributed by atoms with Crippen LogP contribution in [-0.4, -0.2) is 48.0 Å². The minimum Gasteiger partial charge on any atom is -0.474 e. The maximum Gasteiger partial charge on any atom is 0.413 e. The fourth-order valence-corrected chi connectivity index (χ4v) is 4.19. The summed E-state index contributed by atoms with van der Waals surface area (Å²) in [5.41, 5.74) is 8.54. The number of hydrogen-bond donors (Lipinski definition) is 3. The third-order valence-electron chi connectivity index (χ3n) is 6.03. The minimum atomic E-state index is -0.625. The molecule has 2 aliphatic heterocycles. The first kappa shape index (κ1) is 21.2. The lowest BCUT2D eigenvalue weighted by atomic mass is 9.97. The largest absolute Gasteiger partial charge is 0.474 e. The molecule has 10 heteroatoms. The lowest BCUT2D eigenvalue weighted by molar-refractivity contribution is 0.0420. The molecule has 2 aromatic heterocycles. The highest BCUT2D eigenvalue weighted by atomic mass is 19.1. The van der Waals surface area contributed by atoms with Gasteiger partial charge in [-0.2, -0.15) is 0 Å². The average molecular weight is 453 g/mol. The van der Waals surface area contributed by atoms with E-state index in [0.717, 1.165) is 11.3 Å². The molecular weight excluding hydrogens is 429 g/mol. The Kier molecular flexibility index (Phi) is 5.37. The zero-order valence-electron chi connectivity index (χ0n) is 18.3. The van der Waals surface area contributed by atoms with E-state index in [1.165, 1.54) is 6.20 Å². The molecule has 0 spiro atoms. The Morgan fingerprint density at radius 1 is 1.27 bits per heavy atom. The van der Waals surface area contributed by atoms with Gasteiger partial charge in [0.2, 0.25) is 5.88 Å². The summed E-state index contributed by atoms with van der Waals surface area (Å²) in [6.07, 6.45) is 2.57. The molecule has 0 bridgehead atoms. The number of nitrogen functional groups attached to an aromatic ring is 1. The SMILES string of the molecule is Cc1c(-c2cc3cc(NC(=O)O[C@H]4CCO[C@H]4C)ncc3c(N)c2F)cnc2c1NCCO2. The number of rotatable bonds is 3. The van der Waals surface area contributed by atoms with Crippen LogP contribution in [0.1, 0.15) is 18.9 Å². The topological polar surface area (TPSA) is 121 Å². The number of hydrogen-bond acceptors (Lipinski definition) is 8. The molecule has 0 unspecified atom stereocenters. The second-order valence-corrected chi connectivity index (χ2v) is 8.13. The van der Waals surface area contributed by atoms with Crippen LogP contribution in [0, 0.1) is 12.7 Å². The molecule has 1 saturated heterocycles. The molecule has 3 aromatic rings. The summed E-state index contributed by atoms with van der Waals surface area (Å²) in [5.74, 6) is 0.209. The number of fused-ring (bicyclic) bond motifs is 2. The van der Waals surface area contributed by atoms with Crippen molar-refractivity contribution in [3.8, 4) is 17.0 Å².